The maximum atomic E-state index is 12.2. The maximum absolute atomic E-state index is 12.2. The zero-order valence-corrected chi connectivity index (χ0v) is 16.6. The molecule has 1 saturated carbocycles. The summed E-state index contributed by atoms with van der Waals surface area (Å²) >= 11 is 0. The van der Waals surface area contributed by atoms with Crippen molar-refractivity contribution in [2.45, 2.75) is 56.9 Å². The highest BCUT2D eigenvalue weighted by molar-refractivity contribution is 5.91. The summed E-state index contributed by atoms with van der Waals surface area (Å²) in [6.45, 7) is 3.40. The van der Waals surface area contributed by atoms with Crippen LogP contribution in [0.25, 0.3) is 0 Å². The minimum Gasteiger partial charge on any atom is -0.357 e. The number of hydrogen-bond donors (Lipinski definition) is 0. The molecule has 2 aliphatic rings. The summed E-state index contributed by atoms with van der Waals surface area (Å²) in [6, 6.07) is 0. The zero-order valence-electron chi connectivity index (χ0n) is 16.6. The molecular weight excluding hydrogens is 326 g/mol. The first-order chi connectivity index (χ1) is 12.5. The molecule has 0 atom stereocenters. The maximum Gasteiger partial charge on any atom is 0.273 e. The molecule has 144 valence electrons. The van der Waals surface area contributed by atoms with Gasteiger partial charge in [-0.25, -0.2) is 4.98 Å². The molecule has 0 bridgehead atoms. The quantitative estimate of drug-likeness (QED) is 0.809. The van der Waals surface area contributed by atoms with Gasteiger partial charge in [-0.05, 0) is 38.8 Å². The van der Waals surface area contributed by atoms with E-state index in [1.54, 1.807) is 31.4 Å². The lowest BCUT2D eigenvalue weighted by atomic mass is 9.79. The van der Waals surface area contributed by atoms with Crippen LogP contribution >= 0.6 is 0 Å². The Bertz CT molecular complexity index is 606. The Morgan fingerprint density at radius 1 is 1.04 bits per heavy atom. The fourth-order valence-corrected chi connectivity index (χ4v) is 4.55. The van der Waals surface area contributed by atoms with Crippen LogP contribution < -0.4 is 4.90 Å². The zero-order chi connectivity index (χ0) is 18.6. The van der Waals surface area contributed by atoms with Crippen LogP contribution in [0.5, 0.6) is 0 Å². The number of anilines is 1. The summed E-state index contributed by atoms with van der Waals surface area (Å²) in [5.74, 6) is 0.691. The van der Waals surface area contributed by atoms with Crippen molar-refractivity contribution in [1.29, 1.82) is 0 Å². The largest absolute Gasteiger partial charge is 0.357 e. The van der Waals surface area contributed by atoms with Crippen LogP contribution in [0.4, 0.5) is 5.82 Å². The second kappa shape index (κ2) is 8.33. The second-order valence-electron chi connectivity index (χ2n) is 8.15. The number of rotatable bonds is 5. The number of piperidine rings is 1. The van der Waals surface area contributed by atoms with E-state index in [1.165, 1.54) is 64.5 Å². The monoisotopic (exact) mass is 359 g/mol. The van der Waals surface area contributed by atoms with E-state index in [4.69, 9.17) is 0 Å². The lowest BCUT2D eigenvalue weighted by molar-refractivity contribution is 0.0395. The van der Waals surface area contributed by atoms with Gasteiger partial charge in [-0.1, -0.05) is 25.7 Å². The summed E-state index contributed by atoms with van der Waals surface area (Å²) in [4.78, 5) is 27.6. The van der Waals surface area contributed by atoms with E-state index in [0.29, 0.717) is 5.69 Å². The highest BCUT2D eigenvalue weighted by Crippen LogP contribution is 2.36. The van der Waals surface area contributed by atoms with Gasteiger partial charge in [-0.3, -0.25) is 14.7 Å². The summed E-state index contributed by atoms with van der Waals surface area (Å²) in [7, 11) is 5.58. The number of likely N-dealkylation sites (N-methyl/N-ethyl adjacent to an activating group) is 1. The van der Waals surface area contributed by atoms with Gasteiger partial charge in [-0.15, -0.1) is 0 Å². The van der Waals surface area contributed by atoms with Crippen molar-refractivity contribution in [2.24, 2.45) is 0 Å². The van der Waals surface area contributed by atoms with E-state index < -0.39 is 0 Å². The third kappa shape index (κ3) is 4.17. The Hall–Kier alpha value is -1.69. The van der Waals surface area contributed by atoms with Crippen LogP contribution in [-0.2, 0) is 0 Å². The smallest absolute Gasteiger partial charge is 0.273 e. The minimum absolute atomic E-state index is 0.101. The third-order valence-electron chi connectivity index (χ3n) is 5.98. The summed E-state index contributed by atoms with van der Waals surface area (Å²) < 4.78 is 0. The van der Waals surface area contributed by atoms with Gasteiger partial charge in [0.25, 0.3) is 5.91 Å². The standard InChI is InChI=1S/C20H33N5O/c1-23(2)19(26)17-14-21-15-18(22-17)24(3)16-20(10-6-4-7-11-20)25-12-8-5-9-13-25/h14-15H,4-13,16H2,1-3H3. The normalized spacial score (nSPS) is 20.6. The lowest BCUT2D eigenvalue weighted by Crippen LogP contribution is -2.57. The molecule has 6 heteroatoms. The Morgan fingerprint density at radius 3 is 2.35 bits per heavy atom. The molecular formula is C20H33N5O. The lowest BCUT2D eigenvalue weighted by Gasteiger charge is -2.50. The Kier molecular flexibility index (Phi) is 6.12. The molecule has 0 radical (unpaired) electrons. The second-order valence-corrected chi connectivity index (χ2v) is 8.15. The number of nitrogens with zero attached hydrogens (tertiary/aromatic N) is 5. The first-order valence-electron chi connectivity index (χ1n) is 10.0. The fraction of sp³-hybridized carbons (Fsp3) is 0.750. The van der Waals surface area contributed by atoms with Crippen molar-refractivity contribution < 1.29 is 4.79 Å². The van der Waals surface area contributed by atoms with E-state index in [1.807, 2.05) is 0 Å². The molecule has 1 aliphatic carbocycles. The summed E-state index contributed by atoms with van der Waals surface area (Å²) in [6.07, 6.45) is 13.8. The van der Waals surface area contributed by atoms with Gasteiger partial charge < -0.3 is 9.80 Å². The topological polar surface area (TPSA) is 52.6 Å². The SMILES string of the molecule is CN(C)C(=O)c1cncc(N(C)CC2(N3CCCCC3)CCCCC2)n1. The molecule has 26 heavy (non-hydrogen) atoms. The first-order valence-corrected chi connectivity index (χ1v) is 10.0. The van der Waals surface area contributed by atoms with E-state index in [-0.39, 0.29) is 11.4 Å². The molecule has 1 aliphatic heterocycles. The van der Waals surface area contributed by atoms with Gasteiger partial charge in [0.15, 0.2) is 0 Å². The van der Waals surface area contributed by atoms with Crippen molar-refractivity contribution in [1.82, 2.24) is 19.8 Å². The number of carbonyl (C=O) groups excluding carboxylic acids is 1. The highest BCUT2D eigenvalue weighted by atomic mass is 16.2. The molecule has 0 unspecified atom stereocenters. The number of likely N-dealkylation sites (tertiary alicyclic amines) is 1. The predicted molar refractivity (Wildman–Crippen MR) is 105 cm³/mol. The van der Waals surface area contributed by atoms with Crippen LogP contribution in [0, 0.1) is 0 Å². The Labute approximate surface area is 157 Å². The van der Waals surface area contributed by atoms with Crippen molar-refractivity contribution in [3.8, 4) is 0 Å². The van der Waals surface area contributed by atoms with Crippen LogP contribution in [0.2, 0.25) is 0 Å². The molecule has 0 N–H and O–H groups in total. The molecule has 6 nitrogen and oxygen atoms in total. The Morgan fingerprint density at radius 2 is 1.69 bits per heavy atom. The fourth-order valence-electron chi connectivity index (χ4n) is 4.55. The van der Waals surface area contributed by atoms with Crippen molar-refractivity contribution in [3.63, 3.8) is 0 Å². The van der Waals surface area contributed by atoms with E-state index in [2.05, 4.69) is 26.8 Å². The van der Waals surface area contributed by atoms with Crippen LogP contribution in [0.1, 0.15) is 61.9 Å². The number of carbonyl (C=O) groups is 1. The molecule has 1 aromatic heterocycles. The van der Waals surface area contributed by atoms with Crippen LogP contribution in [0.3, 0.4) is 0 Å². The molecule has 2 heterocycles. The molecule has 1 saturated heterocycles. The number of hydrogen-bond acceptors (Lipinski definition) is 5. The summed E-state index contributed by atoms with van der Waals surface area (Å²) in [5.41, 5.74) is 0.659. The molecule has 0 spiro atoms. The van der Waals surface area contributed by atoms with Gasteiger partial charge >= 0.3 is 0 Å². The van der Waals surface area contributed by atoms with Crippen LogP contribution in [0.15, 0.2) is 12.4 Å². The number of amides is 1. The van der Waals surface area contributed by atoms with Crippen molar-refractivity contribution >= 4 is 11.7 Å². The Balaban J connectivity index is 1.78. The van der Waals surface area contributed by atoms with Crippen molar-refractivity contribution in [2.75, 3.05) is 45.7 Å². The van der Waals surface area contributed by atoms with Gasteiger partial charge in [-0.2, -0.15) is 0 Å². The molecule has 1 amide bonds. The van der Waals surface area contributed by atoms with Gasteiger partial charge in [0.05, 0.1) is 12.4 Å². The van der Waals surface area contributed by atoms with Crippen molar-refractivity contribution in [3.05, 3.63) is 18.1 Å². The molecule has 2 fully saturated rings. The highest BCUT2D eigenvalue weighted by Gasteiger charge is 2.39. The summed E-state index contributed by atoms with van der Waals surface area (Å²) in [5, 5.41) is 0. The van der Waals surface area contributed by atoms with E-state index >= 15 is 0 Å². The minimum atomic E-state index is -0.101. The van der Waals surface area contributed by atoms with Gasteiger partial charge in [0.1, 0.15) is 11.5 Å². The van der Waals surface area contributed by atoms with E-state index in [0.717, 1.165) is 12.4 Å². The average Bonchev–Trinajstić information content (AvgIpc) is 2.68. The third-order valence-corrected chi connectivity index (χ3v) is 5.98. The average molecular weight is 360 g/mol. The van der Waals surface area contributed by atoms with Gasteiger partial charge in [0, 0.05) is 33.2 Å². The number of aromatic nitrogens is 2. The van der Waals surface area contributed by atoms with E-state index in [9.17, 15) is 4.79 Å². The van der Waals surface area contributed by atoms with Gasteiger partial charge in [0.2, 0.25) is 0 Å². The predicted octanol–water partition coefficient (Wildman–Crippen LogP) is 2.80. The van der Waals surface area contributed by atoms with Crippen LogP contribution in [-0.4, -0.2) is 72.0 Å². The molecule has 3 rings (SSSR count). The first kappa shape index (κ1) is 19.1. The molecule has 0 aromatic carbocycles. The molecule has 1 aromatic rings.